The molecule has 0 saturated heterocycles. The van der Waals surface area contributed by atoms with Crippen LogP contribution in [0.3, 0.4) is 0 Å². The van der Waals surface area contributed by atoms with E-state index in [1.165, 1.54) is 23.1 Å². The zero-order chi connectivity index (χ0) is 25.8. The molecule has 0 amide bonds. The van der Waals surface area contributed by atoms with E-state index in [9.17, 15) is 9.18 Å². The maximum Gasteiger partial charge on any atom is 0.170 e. The van der Waals surface area contributed by atoms with Crippen molar-refractivity contribution in [2.45, 2.75) is 25.3 Å². The van der Waals surface area contributed by atoms with Crippen molar-refractivity contribution >= 4 is 27.6 Å². The summed E-state index contributed by atoms with van der Waals surface area (Å²) in [5, 5.41) is 2.34. The van der Waals surface area contributed by atoms with Gasteiger partial charge in [-0.05, 0) is 60.4 Å². The Morgan fingerprint density at radius 2 is 1.47 bits per heavy atom. The van der Waals surface area contributed by atoms with E-state index < -0.39 is 11.5 Å². The number of Topliss-reactive ketones (excluding diaryl/α,β-unsaturated/α-hetero) is 1. The largest absolute Gasteiger partial charge is 0.356 e. The van der Waals surface area contributed by atoms with Crippen LogP contribution in [0.4, 0.5) is 4.39 Å². The summed E-state index contributed by atoms with van der Waals surface area (Å²) in [6.45, 7) is 4.32. The molecule has 2 aliphatic rings. The third-order valence-electron chi connectivity index (χ3n) is 9.07. The summed E-state index contributed by atoms with van der Waals surface area (Å²) in [6.07, 6.45) is 0. The number of hydrogen-bond donors (Lipinski definition) is 1. The Hall–Kier alpha value is -4.44. The second-order valence-corrected chi connectivity index (χ2v) is 10.7. The number of rotatable bonds is 2. The van der Waals surface area contributed by atoms with Crippen molar-refractivity contribution in [1.29, 1.82) is 0 Å². The van der Waals surface area contributed by atoms with Crippen LogP contribution in [0.5, 0.6) is 0 Å². The van der Waals surface area contributed by atoms with E-state index in [-0.39, 0.29) is 17.5 Å². The number of nitrogens with zero attached hydrogens (tertiary/aromatic N) is 1. The second-order valence-electron chi connectivity index (χ2n) is 10.7. The van der Waals surface area contributed by atoms with Crippen molar-refractivity contribution in [3.63, 3.8) is 0 Å². The molecule has 38 heavy (non-hydrogen) atoms. The molecule has 1 aliphatic heterocycles. The standard InChI is InChI=1S/C34H25FN2O/c1-19-24-10-5-8-14-28(24)37-31(19)29(21-15-17-22(35)18-16-21)30-32(38)25-11-3-6-12-26(25)34(30,37)33-20(2)23-9-4-7-13-27(23)36-33/h3-18,29-30,36H,1-2H3. The van der Waals surface area contributed by atoms with Crippen LogP contribution < -0.4 is 0 Å². The fourth-order valence-corrected chi connectivity index (χ4v) is 7.62. The van der Waals surface area contributed by atoms with E-state index in [4.69, 9.17) is 0 Å². The molecule has 1 aliphatic carbocycles. The van der Waals surface area contributed by atoms with Gasteiger partial charge in [0.2, 0.25) is 0 Å². The minimum atomic E-state index is -0.765. The molecule has 3 unspecified atom stereocenters. The number of H-pyrrole nitrogens is 1. The molecule has 4 aromatic carbocycles. The van der Waals surface area contributed by atoms with Crippen LogP contribution in [0, 0.1) is 25.6 Å². The first-order valence-corrected chi connectivity index (χ1v) is 13.1. The summed E-state index contributed by atoms with van der Waals surface area (Å²) in [5.74, 6) is -0.771. The molecule has 6 aromatic rings. The fourth-order valence-electron chi connectivity index (χ4n) is 7.62. The van der Waals surface area contributed by atoms with Gasteiger partial charge in [-0.2, -0.15) is 0 Å². The first kappa shape index (κ1) is 21.6. The molecule has 0 fully saturated rings. The van der Waals surface area contributed by atoms with E-state index in [1.54, 1.807) is 0 Å². The summed E-state index contributed by atoms with van der Waals surface area (Å²) in [6, 6.07) is 31.7. The van der Waals surface area contributed by atoms with Crippen LogP contribution in [0.2, 0.25) is 0 Å². The molecule has 184 valence electrons. The van der Waals surface area contributed by atoms with Crippen LogP contribution in [0.1, 0.15) is 49.9 Å². The first-order valence-electron chi connectivity index (χ1n) is 13.1. The lowest BCUT2D eigenvalue weighted by Crippen LogP contribution is -2.39. The SMILES string of the molecule is Cc1c(C23c4ccccc4C(=O)C2C(c2ccc(F)cc2)c2c(C)c4ccccc4n23)[nH]c2ccccc12. The van der Waals surface area contributed by atoms with Crippen LogP contribution in [-0.2, 0) is 5.54 Å². The monoisotopic (exact) mass is 496 g/mol. The molecular formula is C34H25FN2O. The van der Waals surface area contributed by atoms with Gasteiger partial charge in [0.15, 0.2) is 5.78 Å². The molecule has 3 nitrogen and oxygen atoms in total. The van der Waals surface area contributed by atoms with E-state index >= 15 is 0 Å². The van der Waals surface area contributed by atoms with Gasteiger partial charge in [0.25, 0.3) is 0 Å². The number of fused-ring (bicyclic) bond motifs is 8. The van der Waals surface area contributed by atoms with Crippen molar-refractivity contribution in [3.8, 4) is 0 Å². The maximum absolute atomic E-state index is 14.5. The Kier molecular flexibility index (Phi) is 4.17. The van der Waals surface area contributed by atoms with Gasteiger partial charge in [-0.3, -0.25) is 4.79 Å². The Labute approximate surface area is 219 Å². The zero-order valence-electron chi connectivity index (χ0n) is 21.1. The van der Waals surface area contributed by atoms with E-state index in [1.807, 2.05) is 36.4 Å². The molecule has 0 spiro atoms. The molecule has 0 saturated carbocycles. The van der Waals surface area contributed by atoms with Gasteiger partial charge in [0, 0.05) is 39.0 Å². The number of aryl methyl sites for hydroxylation is 2. The third kappa shape index (κ3) is 2.41. The second kappa shape index (κ2) is 7.32. The number of aromatic amines is 1. The summed E-state index contributed by atoms with van der Waals surface area (Å²) in [5.41, 5.74) is 8.65. The molecule has 0 bridgehead atoms. The van der Waals surface area contributed by atoms with Crippen LogP contribution in [-0.4, -0.2) is 15.3 Å². The van der Waals surface area contributed by atoms with E-state index in [0.29, 0.717) is 0 Å². The normalized spacial score (nSPS) is 21.7. The average molecular weight is 497 g/mol. The number of ketones is 1. The lowest BCUT2D eigenvalue weighted by molar-refractivity contribution is 0.0895. The van der Waals surface area contributed by atoms with Gasteiger partial charge in [-0.25, -0.2) is 4.39 Å². The molecule has 3 heterocycles. The zero-order valence-corrected chi connectivity index (χ0v) is 21.1. The molecule has 1 N–H and O–H groups in total. The van der Waals surface area contributed by atoms with Crippen molar-refractivity contribution < 1.29 is 9.18 Å². The number of aromatic nitrogens is 2. The minimum Gasteiger partial charge on any atom is -0.356 e. The Bertz CT molecular complexity index is 1940. The topological polar surface area (TPSA) is 37.8 Å². The lowest BCUT2D eigenvalue weighted by atomic mass is 9.72. The van der Waals surface area contributed by atoms with Crippen molar-refractivity contribution in [2.24, 2.45) is 5.92 Å². The minimum absolute atomic E-state index is 0.139. The highest BCUT2D eigenvalue weighted by Crippen LogP contribution is 2.63. The average Bonchev–Trinajstić information content (AvgIpc) is 3.62. The van der Waals surface area contributed by atoms with Gasteiger partial charge in [-0.1, -0.05) is 72.8 Å². The fraction of sp³-hybridized carbons (Fsp3) is 0.147. The Morgan fingerprint density at radius 1 is 0.789 bits per heavy atom. The summed E-state index contributed by atoms with van der Waals surface area (Å²) in [4.78, 5) is 18.3. The van der Waals surface area contributed by atoms with E-state index in [2.05, 4.69) is 71.9 Å². The van der Waals surface area contributed by atoms with Gasteiger partial charge in [0.1, 0.15) is 11.4 Å². The molecule has 0 radical (unpaired) electrons. The molecule has 2 aromatic heterocycles. The summed E-state index contributed by atoms with van der Waals surface area (Å²) >= 11 is 0. The van der Waals surface area contributed by atoms with Crippen LogP contribution >= 0.6 is 0 Å². The van der Waals surface area contributed by atoms with Crippen LogP contribution in [0.15, 0.2) is 97.1 Å². The number of nitrogens with one attached hydrogen (secondary N) is 1. The third-order valence-corrected chi connectivity index (χ3v) is 9.07. The Morgan fingerprint density at radius 3 is 2.26 bits per heavy atom. The highest BCUT2D eigenvalue weighted by Gasteiger charge is 2.64. The molecular weight excluding hydrogens is 471 g/mol. The lowest BCUT2D eigenvalue weighted by Gasteiger charge is -2.34. The number of benzene rings is 4. The highest BCUT2D eigenvalue weighted by atomic mass is 19.1. The molecule has 3 atom stereocenters. The summed E-state index contributed by atoms with van der Waals surface area (Å²) in [7, 11) is 0. The van der Waals surface area contributed by atoms with Gasteiger partial charge < -0.3 is 9.55 Å². The van der Waals surface area contributed by atoms with Gasteiger partial charge in [0.05, 0.1) is 11.6 Å². The number of para-hydroxylation sites is 2. The first-order chi connectivity index (χ1) is 18.5. The summed E-state index contributed by atoms with van der Waals surface area (Å²) < 4.78 is 16.6. The smallest absolute Gasteiger partial charge is 0.170 e. The van der Waals surface area contributed by atoms with Crippen molar-refractivity contribution in [1.82, 2.24) is 9.55 Å². The predicted octanol–water partition coefficient (Wildman–Crippen LogP) is 7.63. The Balaban J connectivity index is 1.60. The van der Waals surface area contributed by atoms with Crippen LogP contribution in [0.25, 0.3) is 21.8 Å². The molecule has 4 heteroatoms. The van der Waals surface area contributed by atoms with Gasteiger partial charge >= 0.3 is 0 Å². The number of carbonyl (C=O) groups is 1. The number of carbonyl (C=O) groups excluding carboxylic acids is 1. The number of halogens is 1. The van der Waals surface area contributed by atoms with Crippen molar-refractivity contribution in [3.05, 3.63) is 142 Å². The van der Waals surface area contributed by atoms with Crippen molar-refractivity contribution in [2.75, 3.05) is 0 Å². The van der Waals surface area contributed by atoms with Gasteiger partial charge in [-0.15, -0.1) is 0 Å². The maximum atomic E-state index is 14.5. The predicted molar refractivity (Wildman–Crippen MR) is 148 cm³/mol. The van der Waals surface area contributed by atoms with E-state index in [0.717, 1.165) is 50.1 Å². The highest BCUT2D eigenvalue weighted by molar-refractivity contribution is 6.08. The quantitative estimate of drug-likeness (QED) is 0.263. The number of hydrogen-bond acceptors (Lipinski definition) is 1. The molecule has 8 rings (SSSR count).